The minimum Gasteiger partial charge on any atom is -0.354 e. The quantitative estimate of drug-likeness (QED) is 0.863. The molecule has 0 radical (unpaired) electrons. The number of piperazine rings is 1. The second kappa shape index (κ2) is 8.68. The Morgan fingerprint density at radius 2 is 1.96 bits per heavy atom. The average molecular weight is 358 g/mol. The van der Waals surface area contributed by atoms with Gasteiger partial charge in [0, 0.05) is 45.0 Å². The molecule has 4 heterocycles. The third kappa shape index (κ3) is 4.38. The van der Waals surface area contributed by atoms with Crippen LogP contribution in [0, 0.1) is 5.92 Å². The summed E-state index contributed by atoms with van der Waals surface area (Å²) in [6.45, 7) is 11.7. The van der Waals surface area contributed by atoms with Crippen LogP contribution in [0.25, 0.3) is 0 Å². The molecule has 2 N–H and O–H groups in total. The van der Waals surface area contributed by atoms with Gasteiger partial charge in [-0.25, -0.2) is 4.98 Å². The highest BCUT2D eigenvalue weighted by atomic mass is 15.3. The van der Waals surface area contributed by atoms with Crippen LogP contribution in [0.3, 0.4) is 0 Å². The van der Waals surface area contributed by atoms with Crippen LogP contribution >= 0.6 is 0 Å². The molecule has 1 aromatic heterocycles. The third-order valence-corrected chi connectivity index (χ3v) is 6.58. The van der Waals surface area contributed by atoms with Crippen molar-refractivity contribution in [3.05, 3.63) is 23.9 Å². The summed E-state index contributed by atoms with van der Waals surface area (Å²) in [5.74, 6) is 2.68. The number of aromatic nitrogens is 1. The van der Waals surface area contributed by atoms with E-state index in [0.29, 0.717) is 12.0 Å². The molecule has 3 fully saturated rings. The lowest BCUT2D eigenvalue weighted by molar-refractivity contribution is 0.147. The van der Waals surface area contributed by atoms with Crippen LogP contribution in [0.2, 0.25) is 0 Å². The number of hydrogen-bond acceptors (Lipinski definition) is 5. The summed E-state index contributed by atoms with van der Waals surface area (Å²) in [4.78, 5) is 10.0. The number of hydrogen-bond donors (Lipinski definition) is 2. The molecule has 0 unspecified atom stereocenters. The molecule has 5 heteroatoms. The maximum Gasteiger partial charge on any atom is 0.128 e. The Bertz CT molecular complexity index is 548. The zero-order valence-corrected chi connectivity index (χ0v) is 16.3. The van der Waals surface area contributed by atoms with Crippen molar-refractivity contribution in [2.75, 3.05) is 57.3 Å². The van der Waals surface area contributed by atoms with E-state index in [1.165, 1.54) is 64.0 Å². The van der Waals surface area contributed by atoms with Gasteiger partial charge in [0.25, 0.3) is 0 Å². The van der Waals surface area contributed by atoms with Crippen molar-refractivity contribution in [3.8, 4) is 0 Å². The molecule has 26 heavy (non-hydrogen) atoms. The molecule has 3 saturated heterocycles. The maximum atomic E-state index is 4.82. The first-order valence-electron chi connectivity index (χ1n) is 10.7. The lowest BCUT2D eigenvalue weighted by atomic mass is 9.93. The van der Waals surface area contributed by atoms with Crippen LogP contribution in [0.4, 0.5) is 5.82 Å². The maximum absolute atomic E-state index is 4.82. The number of rotatable bonds is 4. The van der Waals surface area contributed by atoms with Gasteiger partial charge < -0.3 is 15.5 Å². The van der Waals surface area contributed by atoms with Gasteiger partial charge in [0.15, 0.2) is 0 Å². The molecule has 4 rings (SSSR count). The number of nitrogens with zero attached hydrogens (tertiary/aromatic N) is 3. The molecule has 2 atom stereocenters. The second-order valence-corrected chi connectivity index (χ2v) is 8.48. The minimum absolute atomic E-state index is 0.614. The van der Waals surface area contributed by atoms with Gasteiger partial charge in [-0.15, -0.1) is 0 Å². The van der Waals surface area contributed by atoms with E-state index in [-0.39, 0.29) is 0 Å². The Morgan fingerprint density at radius 1 is 1.08 bits per heavy atom. The molecule has 0 spiro atoms. The van der Waals surface area contributed by atoms with Crippen LogP contribution in [-0.4, -0.2) is 68.3 Å². The average Bonchev–Trinajstić information content (AvgIpc) is 2.71. The fourth-order valence-corrected chi connectivity index (χ4v) is 4.83. The van der Waals surface area contributed by atoms with Crippen LogP contribution < -0.4 is 15.5 Å². The highest BCUT2D eigenvalue weighted by molar-refractivity contribution is 5.41. The normalized spacial score (nSPS) is 29.0. The Labute approximate surface area is 158 Å². The van der Waals surface area contributed by atoms with Crippen molar-refractivity contribution in [3.63, 3.8) is 0 Å². The molecule has 3 aliphatic rings. The second-order valence-electron chi connectivity index (χ2n) is 8.48. The van der Waals surface area contributed by atoms with Gasteiger partial charge in [0.1, 0.15) is 5.82 Å². The van der Waals surface area contributed by atoms with Crippen molar-refractivity contribution >= 4 is 5.82 Å². The van der Waals surface area contributed by atoms with Crippen molar-refractivity contribution in [2.24, 2.45) is 5.92 Å². The predicted molar refractivity (Wildman–Crippen MR) is 108 cm³/mol. The largest absolute Gasteiger partial charge is 0.354 e. The summed E-state index contributed by atoms with van der Waals surface area (Å²) in [6, 6.07) is 5.17. The van der Waals surface area contributed by atoms with Gasteiger partial charge in [-0.2, -0.15) is 0 Å². The fraction of sp³-hybridized carbons (Fsp3) is 0.762. The Hall–Kier alpha value is -1.17. The molecule has 1 aromatic rings. The van der Waals surface area contributed by atoms with E-state index in [9.17, 15) is 0 Å². The third-order valence-electron chi connectivity index (χ3n) is 6.58. The van der Waals surface area contributed by atoms with Crippen molar-refractivity contribution < 1.29 is 0 Å². The van der Waals surface area contributed by atoms with Crippen LogP contribution in [0.5, 0.6) is 0 Å². The SMILES string of the molecule is C[C@@H]1CN(c2ccc([C@H]3CCCNC3)cn2)CCN1CC1CCNCC1. The first kappa shape index (κ1) is 18.2. The Balaban J connectivity index is 1.31. The zero-order valence-electron chi connectivity index (χ0n) is 16.3. The highest BCUT2D eigenvalue weighted by Crippen LogP contribution is 2.25. The van der Waals surface area contributed by atoms with Crippen molar-refractivity contribution in [2.45, 2.75) is 44.6 Å². The molecule has 3 aliphatic heterocycles. The van der Waals surface area contributed by atoms with E-state index in [1.54, 1.807) is 0 Å². The van der Waals surface area contributed by atoms with E-state index in [1.807, 2.05) is 0 Å². The molecule has 0 saturated carbocycles. The molecule has 144 valence electrons. The van der Waals surface area contributed by atoms with Crippen LogP contribution in [0.15, 0.2) is 18.3 Å². The highest BCUT2D eigenvalue weighted by Gasteiger charge is 2.27. The molecule has 5 nitrogen and oxygen atoms in total. The molecule has 0 aliphatic carbocycles. The molecular weight excluding hydrogens is 322 g/mol. The summed E-state index contributed by atoms with van der Waals surface area (Å²) >= 11 is 0. The lowest BCUT2D eigenvalue weighted by Gasteiger charge is -2.42. The number of nitrogens with one attached hydrogen (secondary N) is 2. The van der Waals surface area contributed by atoms with E-state index in [4.69, 9.17) is 4.98 Å². The predicted octanol–water partition coefficient (Wildman–Crippen LogP) is 2.06. The summed E-state index contributed by atoms with van der Waals surface area (Å²) in [7, 11) is 0. The van der Waals surface area contributed by atoms with Gasteiger partial charge >= 0.3 is 0 Å². The van der Waals surface area contributed by atoms with Crippen LogP contribution in [-0.2, 0) is 0 Å². The lowest BCUT2D eigenvalue weighted by Crippen LogP contribution is -2.53. The number of anilines is 1. The first-order chi connectivity index (χ1) is 12.8. The van der Waals surface area contributed by atoms with Crippen molar-refractivity contribution in [1.82, 2.24) is 20.5 Å². The standard InChI is InChI=1S/C21H35N5/c1-17-15-26(12-11-25(17)16-18-6-9-22-10-7-18)21-5-4-20(14-24-21)19-3-2-8-23-13-19/h4-5,14,17-19,22-23H,2-3,6-13,15-16H2,1H3/t17-,19+/m1/s1. The van der Waals surface area contributed by atoms with E-state index in [2.05, 4.69) is 45.7 Å². The molecular formula is C21H35N5. The van der Waals surface area contributed by atoms with Crippen LogP contribution in [0.1, 0.15) is 44.1 Å². The fourth-order valence-electron chi connectivity index (χ4n) is 4.83. The van der Waals surface area contributed by atoms with Gasteiger partial charge in [0.2, 0.25) is 0 Å². The summed E-state index contributed by atoms with van der Waals surface area (Å²) in [5.41, 5.74) is 1.40. The summed E-state index contributed by atoms with van der Waals surface area (Å²) in [5, 5.41) is 6.99. The summed E-state index contributed by atoms with van der Waals surface area (Å²) in [6.07, 6.45) is 7.38. The monoisotopic (exact) mass is 357 g/mol. The Kier molecular flexibility index (Phi) is 6.08. The van der Waals surface area contributed by atoms with Gasteiger partial charge in [0.05, 0.1) is 0 Å². The van der Waals surface area contributed by atoms with E-state index in [0.717, 1.165) is 31.4 Å². The first-order valence-corrected chi connectivity index (χ1v) is 10.7. The summed E-state index contributed by atoms with van der Waals surface area (Å²) < 4.78 is 0. The molecule has 0 bridgehead atoms. The van der Waals surface area contributed by atoms with E-state index >= 15 is 0 Å². The minimum atomic E-state index is 0.614. The van der Waals surface area contributed by atoms with Crippen molar-refractivity contribution in [1.29, 1.82) is 0 Å². The topological polar surface area (TPSA) is 43.4 Å². The Morgan fingerprint density at radius 3 is 2.65 bits per heavy atom. The zero-order chi connectivity index (χ0) is 17.8. The number of pyridine rings is 1. The van der Waals surface area contributed by atoms with Gasteiger partial charge in [-0.1, -0.05) is 6.07 Å². The molecule has 0 aromatic carbocycles. The molecule has 0 amide bonds. The number of piperidine rings is 2. The van der Waals surface area contributed by atoms with E-state index < -0.39 is 0 Å². The van der Waals surface area contributed by atoms with Gasteiger partial charge in [-0.05, 0) is 75.7 Å². The smallest absolute Gasteiger partial charge is 0.128 e. The van der Waals surface area contributed by atoms with Gasteiger partial charge in [-0.3, -0.25) is 4.90 Å².